The van der Waals surface area contributed by atoms with Crippen LogP contribution in [0.4, 0.5) is 16.2 Å². The second-order valence-electron chi connectivity index (χ2n) is 4.22. The molecule has 3 aromatic rings. The van der Waals surface area contributed by atoms with Crippen LogP contribution in [0.15, 0.2) is 78.9 Å². The Bertz CT molecular complexity index is 617. The molecule has 0 heterocycles. The van der Waals surface area contributed by atoms with Gasteiger partial charge in [0.2, 0.25) is 0 Å². The molecule has 0 radical (unpaired) electrons. The van der Waals surface area contributed by atoms with Crippen LogP contribution in [0.25, 0.3) is 0 Å². The number of nitrogens with one attached hydrogen (secondary N) is 2. The number of carbonyl (C=O) groups excluding carboxylic acids is 1. The van der Waals surface area contributed by atoms with E-state index in [4.69, 9.17) is 11.6 Å². The Kier molecular flexibility index (Phi) is 8.08. The third kappa shape index (κ3) is 6.63. The molecular formula is C17H15ClFeN2O. The number of anilines is 2. The summed E-state index contributed by atoms with van der Waals surface area (Å²) in [4.78, 5) is 11.5. The van der Waals surface area contributed by atoms with Gasteiger partial charge >= 0.3 is 23.1 Å². The predicted molar refractivity (Wildman–Crippen MR) is 88.2 cm³/mol. The van der Waals surface area contributed by atoms with Gasteiger partial charge in [-0.1, -0.05) is 11.6 Å². The number of urea groups is 1. The monoisotopic (exact) mass is 354 g/mol. The van der Waals surface area contributed by atoms with E-state index in [9.17, 15) is 4.79 Å². The molecule has 0 unspecified atom stereocenters. The summed E-state index contributed by atoms with van der Waals surface area (Å²) in [6.07, 6.45) is 0. The smallest absolute Gasteiger partial charge is 0.371 e. The van der Waals surface area contributed by atoms with Gasteiger partial charge in [0.05, 0.1) is 0 Å². The first-order valence-corrected chi connectivity index (χ1v) is 6.84. The molecule has 3 nitrogen and oxygen atoms in total. The summed E-state index contributed by atoms with van der Waals surface area (Å²) in [7, 11) is 0. The van der Waals surface area contributed by atoms with Gasteiger partial charge in [-0.25, -0.2) is 16.9 Å². The molecule has 0 bridgehead atoms. The van der Waals surface area contributed by atoms with Gasteiger partial charge in [-0.05, 0) is 24.3 Å². The van der Waals surface area contributed by atoms with Gasteiger partial charge in [0.25, 0.3) is 0 Å². The maximum Gasteiger partial charge on any atom is 2.00 e. The molecule has 2 amide bonds. The van der Waals surface area contributed by atoms with Crippen LogP contribution in [-0.2, 0) is 17.1 Å². The zero-order valence-corrected chi connectivity index (χ0v) is 13.5. The minimum absolute atomic E-state index is 0. The molecule has 5 heteroatoms. The summed E-state index contributed by atoms with van der Waals surface area (Å²) < 4.78 is 0. The minimum Gasteiger partial charge on any atom is -0.371 e. The van der Waals surface area contributed by atoms with Crippen molar-refractivity contribution < 1.29 is 21.9 Å². The largest absolute Gasteiger partial charge is 2.00 e. The van der Waals surface area contributed by atoms with Crippen molar-refractivity contribution >= 4 is 29.0 Å². The number of hydrogen-bond acceptors (Lipinski definition) is 1. The maximum atomic E-state index is 11.5. The quantitative estimate of drug-likeness (QED) is 0.487. The van der Waals surface area contributed by atoms with Crippen molar-refractivity contribution in [1.29, 1.82) is 0 Å². The summed E-state index contributed by atoms with van der Waals surface area (Å²) in [6, 6.07) is 24.0. The normalized spacial score (nSPS) is 8.95. The standard InChI is InChI=1S/C12H10ClN2O.C5H5.Fe/c13-9-5-7-11(8-6-9)15-12(16)14-10-3-1-2-4-10;1-2-4-5-3-1;/h1-8H,(H2,14,15,16);1-5H;/q2*-1;+2. The topological polar surface area (TPSA) is 41.1 Å². The molecule has 2 N–H and O–H groups in total. The van der Waals surface area contributed by atoms with E-state index in [0.717, 1.165) is 5.69 Å². The Morgan fingerprint density at radius 3 is 2.00 bits per heavy atom. The minimum atomic E-state index is -0.270. The molecule has 0 saturated carbocycles. The van der Waals surface area contributed by atoms with Crippen LogP contribution in [-0.4, -0.2) is 6.03 Å². The van der Waals surface area contributed by atoms with Crippen LogP contribution in [0.2, 0.25) is 5.02 Å². The molecular weight excluding hydrogens is 339 g/mol. The number of benzene rings is 1. The molecule has 0 aromatic heterocycles. The molecule has 0 aliphatic heterocycles. The van der Waals surface area contributed by atoms with Crippen LogP contribution in [0.5, 0.6) is 0 Å². The fourth-order valence-corrected chi connectivity index (χ4v) is 1.73. The number of carbonyl (C=O) groups is 1. The molecule has 114 valence electrons. The Morgan fingerprint density at radius 1 is 0.864 bits per heavy atom. The van der Waals surface area contributed by atoms with Gasteiger partial charge in [-0.3, -0.25) is 0 Å². The van der Waals surface area contributed by atoms with Crippen molar-refractivity contribution in [3.05, 3.63) is 83.9 Å². The third-order valence-corrected chi connectivity index (χ3v) is 2.83. The van der Waals surface area contributed by atoms with Crippen LogP contribution < -0.4 is 10.6 Å². The van der Waals surface area contributed by atoms with Crippen LogP contribution >= 0.6 is 11.6 Å². The van der Waals surface area contributed by atoms with Crippen molar-refractivity contribution in [2.75, 3.05) is 10.6 Å². The molecule has 3 aromatic carbocycles. The van der Waals surface area contributed by atoms with Crippen LogP contribution in [0, 0.1) is 0 Å². The van der Waals surface area contributed by atoms with Crippen molar-refractivity contribution in [3.8, 4) is 0 Å². The zero-order valence-electron chi connectivity index (χ0n) is 11.6. The molecule has 0 fully saturated rings. The second kappa shape index (κ2) is 9.85. The molecule has 0 aliphatic carbocycles. The Hall–Kier alpha value is -2.00. The van der Waals surface area contributed by atoms with E-state index in [2.05, 4.69) is 10.6 Å². The number of amides is 2. The second-order valence-corrected chi connectivity index (χ2v) is 4.66. The van der Waals surface area contributed by atoms with E-state index >= 15 is 0 Å². The van der Waals surface area contributed by atoms with Gasteiger partial charge in [0.15, 0.2) is 0 Å². The molecule has 0 aliphatic rings. The number of rotatable bonds is 2. The summed E-state index contributed by atoms with van der Waals surface area (Å²) in [6.45, 7) is 0. The molecule has 3 rings (SSSR count). The number of halogens is 1. The predicted octanol–water partition coefficient (Wildman–Crippen LogP) is 5.11. The van der Waals surface area contributed by atoms with E-state index in [1.54, 1.807) is 24.3 Å². The van der Waals surface area contributed by atoms with Gasteiger partial charge in [-0.15, -0.1) is 5.69 Å². The van der Waals surface area contributed by atoms with Crippen LogP contribution in [0.1, 0.15) is 0 Å². The van der Waals surface area contributed by atoms with Crippen molar-refractivity contribution in [3.63, 3.8) is 0 Å². The summed E-state index contributed by atoms with van der Waals surface area (Å²) in [5.74, 6) is 0. The maximum absolute atomic E-state index is 11.5. The SMILES string of the molecule is O=C(Nc1ccc(Cl)cc1)Nc1cc[cH-]c1.[Fe+2].c1cc[cH-]c1. The molecule has 0 spiro atoms. The Balaban J connectivity index is 0.000000344. The van der Waals surface area contributed by atoms with E-state index in [1.165, 1.54) is 0 Å². The average molecular weight is 355 g/mol. The van der Waals surface area contributed by atoms with Gasteiger partial charge < -0.3 is 10.6 Å². The first kappa shape index (κ1) is 18.0. The fourth-order valence-electron chi connectivity index (χ4n) is 1.60. The van der Waals surface area contributed by atoms with Crippen molar-refractivity contribution in [2.24, 2.45) is 0 Å². The third-order valence-electron chi connectivity index (χ3n) is 2.58. The average Bonchev–Trinajstić information content (AvgIpc) is 3.16. The van der Waals surface area contributed by atoms with Gasteiger partial charge in [0, 0.05) is 10.7 Å². The first-order valence-electron chi connectivity index (χ1n) is 6.46. The zero-order chi connectivity index (χ0) is 14.9. The number of hydrogen-bond donors (Lipinski definition) is 2. The Labute approximate surface area is 145 Å². The van der Waals surface area contributed by atoms with Crippen molar-refractivity contribution in [1.82, 2.24) is 0 Å². The molecule has 0 saturated heterocycles. The van der Waals surface area contributed by atoms with E-state index in [-0.39, 0.29) is 23.1 Å². The Morgan fingerprint density at radius 2 is 1.50 bits per heavy atom. The fraction of sp³-hybridized carbons (Fsp3) is 0. The molecule has 22 heavy (non-hydrogen) atoms. The van der Waals surface area contributed by atoms with Gasteiger partial charge in [-0.2, -0.15) is 42.5 Å². The van der Waals surface area contributed by atoms with E-state index in [1.807, 2.05) is 54.6 Å². The summed E-state index contributed by atoms with van der Waals surface area (Å²) >= 11 is 5.73. The van der Waals surface area contributed by atoms with E-state index < -0.39 is 0 Å². The van der Waals surface area contributed by atoms with Crippen molar-refractivity contribution in [2.45, 2.75) is 0 Å². The first-order chi connectivity index (χ1) is 10.2. The van der Waals surface area contributed by atoms with Gasteiger partial charge in [0.1, 0.15) is 0 Å². The summed E-state index contributed by atoms with van der Waals surface area (Å²) in [5.41, 5.74) is 1.47. The molecule has 0 atom stereocenters. The summed E-state index contributed by atoms with van der Waals surface area (Å²) in [5, 5.41) is 6.04. The van der Waals surface area contributed by atoms with Crippen LogP contribution in [0.3, 0.4) is 0 Å². The van der Waals surface area contributed by atoms with E-state index in [0.29, 0.717) is 10.7 Å².